The molecule has 2 N–H and O–H groups in total. The minimum Gasteiger partial charge on any atom is -0.376 e. The van der Waals surface area contributed by atoms with E-state index in [2.05, 4.69) is 10.6 Å². The van der Waals surface area contributed by atoms with E-state index in [1.54, 1.807) is 24.3 Å². The predicted octanol–water partition coefficient (Wildman–Crippen LogP) is 2.34. The lowest BCUT2D eigenvalue weighted by Gasteiger charge is -2.14. The SMILES string of the molecule is O=C(NCC1CCCO1)c1ccccc1NC(=O)C(Cl)Cl. The molecule has 1 heterocycles. The molecule has 0 bridgehead atoms. The van der Waals surface area contributed by atoms with Crippen molar-refractivity contribution in [2.75, 3.05) is 18.5 Å². The molecule has 1 aromatic carbocycles. The Hall–Kier alpha value is -1.30. The highest BCUT2D eigenvalue weighted by Gasteiger charge is 2.19. The molecule has 1 atom stereocenters. The Balaban J connectivity index is 2.00. The van der Waals surface area contributed by atoms with Gasteiger partial charge >= 0.3 is 0 Å². The molecule has 0 aliphatic carbocycles. The van der Waals surface area contributed by atoms with Gasteiger partial charge in [0.1, 0.15) is 0 Å². The second-order valence-corrected chi connectivity index (χ2v) is 5.78. The van der Waals surface area contributed by atoms with Crippen LogP contribution in [0.4, 0.5) is 5.69 Å². The van der Waals surface area contributed by atoms with E-state index < -0.39 is 10.7 Å². The normalized spacial score (nSPS) is 17.8. The number of benzene rings is 1. The van der Waals surface area contributed by atoms with Gasteiger partial charge in [0.05, 0.1) is 17.4 Å². The van der Waals surface area contributed by atoms with Gasteiger partial charge in [0.25, 0.3) is 11.8 Å². The smallest absolute Gasteiger partial charge is 0.257 e. The third-order valence-electron chi connectivity index (χ3n) is 3.14. The number of hydrogen-bond donors (Lipinski definition) is 2. The van der Waals surface area contributed by atoms with Crippen molar-refractivity contribution < 1.29 is 14.3 Å². The highest BCUT2D eigenvalue weighted by molar-refractivity contribution is 6.54. The maximum absolute atomic E-state index is 12.2. The van der Waals surface area contributed by atoms with Crippen LogP contribution in [0.3, 0.4) is 0 Å². The minimum atomic E-state index is -1.19. The summed E-state index contributed by atoms with van der Waals surface area (Å²) < 4.78 is 5.45. The standard InChI is InChI=1S/C14H16Cl2N2O3/c15-12(16)14(20)18-11-6-2-1-5-10(11)13(19)17-8-9-4-3-7-21-9/h1-2,5-6,9,12H,3-4,7-8H2,(H,17,19)(H,18,20). The van der Waals surface area contributed by atoms with Gasteiger partial charge in [0.2, 0.25) is 0 Å². The summed E-state index contributed by atoms with van der Waals surface area (Å²) in [5, 5.41) is 5.33. The van der Waals surface area contributed by atoms with Crippen LogP contribution >= 0.6 is 23.2 Å². The zero-order valence-corrected chi connectivity index (χ0v) is 12.8. The summed E-state index contributed by atoms with van der Waals surface area (Å²) in [5.74, 6) is -0.847. The van der Waals surface area contributed by atoms with Crippen molar-refractivity contribution in [3.05, 3.63) is 29.8 Å². The fourth-order valence-corrected chi connectivity index (χ4v) is 2.19. The molecule has 1 aliphatic heterocycles. The largest absolute Gasteiger partial charge is 0.376 e. The summed E-state index contributed by atoms with van der Waals surface area (Å²) in [7, 11) is 0. The van der Waals surface area contributed by atoms with Gasteiger partial charge in [0, 0.05) is 13.2 Å². The number of ether oxygens (including phenoxy) is 1. The molecule has 1 fully saturated rings. The van der Waals surface area contributed by atoms with Gasteiger partial charge in [-0.3, -0.25) is 9.59 Å². The number of halogens is 2. The zero-order chi connectivity index (χ0) is 15.2. The Labute approximate surface area is 132 Å². The molecule has 1 unspecified atom stereocenters. The monoisotopic (exact) mass is 330 g/mol. The van der Waals surface area contributed by atoms with Crippen molar-refractivity contribution in [1.29, 1.82) is 0 Å². The molecule has 1 aromatic rings. The van der Waals surface area contributed by atoms with Gasteiger partial charge < -0.3 is 15.4 Å². The molecule has 21 heavy (non-hydrogen) atoms. The van der Waals surface area contributed by atoms with Gasteiger partial charge in [0.15, 0.2) is 4.84 Å². The van der Waals surface area contributed by atoms with Crippen LogP contribution in [0.2, 0.25) is 0 Å². The van der Waals surface area contributed by atoms with Gasteiger partial charge in [-0.05, 0) is 25.0 Å². The molecule has 2 rings (SSSR count). The van der Waals surface area contributed by atoms with Crippen molar-refractivity contribution in [3.63, 3.8) is 0 Å². The van der Waals surface area contributed by atoms with Crippen LogP contribution in [0.15, 0.2) is 24.3 Å². The summed E-state index contributed by atoms with van der Waals surface area (Å²) in [6.45, 7) is 1.19. The molecule has 0 saturated carbocycles. The van der Waals surface area contributed by atoms with E-state index in [0.29, 0.717) is 17.8 Å². The summed E-state index contributed by atoms with van der Waals surface area (Å²) in [6, 6.07) is 6.67. The molecule has 0 radical (unpaired) electrons. The topological polar surface area (TPSA) is 67.4 Å². The number of alkyl halides is 2. The quantitative estimate of drug-likeness (QED) is 0.814. The number of carbonyl (C=O) groups excluding carboxylic acids is 2. The van der Waals surface area contributed by atoms with E-state index in [0.717, 1.165) is 19.4 Å². The molecular weight excluding hydrogens is 315 g/mol. The van der Waals surface area contributed by atoms with Gasteiger partial charge in [-0.25, -0.2) is 0 Å². The Morgan fingerprint density at radius 3 is 2.76 bits per heavy atom. The fraction of sp³-hybridized carbons (Fsp3) is 0.429. The van der Waals surface area contributed by atoms with Gasteiger partial charge in [-0.15, -0.1) is 0 Å². The first-order chi connectivity index (χ1) is 10.1. The van der Waals surface area contributed by atoms with Crippen molar-refractivity contribution in [2.45, 2.75) is 23.8 Å². The van der Waals surface area contributed by atoms with Crippen molar-refractivity contribution in [3.8, 4) is 0 Å². The van der Waals surface area contributed by atoms with Crippen LogP contribution in [0.1, 0.15) is 23.2 Å². The summed E-state index contributed by atoms with van der Waals surface area (Å²) in [4.78, 5) is 22.5. The van der Waals surface area contributed by atoms with E-state index >= 15 is 0 Å². The molecule has 1 saturated heterocycles. The van der Waals surface area contributed by atoms with Crippen LogP contribution in [0.5, 0.6) is 0 Å². The highest BCUT2D eigenvalue weighted by atomic mass is 35.5. The molecule has 0 spiro atoms. The lowest BCUT2D eigenvalue weighted by molar-refractivity contribution is -0.114. The first kappa shape index (κ1) is 16.1. The summed E-state index contributed by atoms with van der Waals surface area (Å²) in [6.07, 6.45) is 2.02. The maximum Gasteiger partial charge on any atom is 0.257 e. The number of anilines is 1. The second kappa shape index (κ2) is 7.64. The first-order valence-electron chi connectivity index (χ1n) is 6.66. The number of para-hydroxylation sites is 1. The lowest BCUT2D eigenvalue weighted by Crippen LogP contribution is -2.32. The predicted molar refractivity (Wildman–Crippen MR) is 81.9 cm³/mol. The Morgan fingerprint density at radius 2 is 2.10 bits per heavy atom. The van der Waals surface area contributed by atoms with E-state index in [1.165, 1.54) is 0 Å². The lowest BCUT2D eigenvalue weighted by atomic mass is 10.1. The molecule has 7 heteroatoms. The van der Waals surface area contributed by atoms with Crippen molar-refractivity contribution >= 4 is 40.7 Å². The molecule has 114 valence electrons. The van der Waals surface area contributed by atoms with Crippen molar-refractivity contribution in [2.24, 2.45) is 0 Å². The zero-order valence-electron chi connectivity index (χ0n) is 11.3. The molecular formula is C14H16Cl2N2O3. The van der Waals surface area contributed by atoms with Crippen LogP contribution in [0, 0.1) is 0 Å². The van der Waals surface area contributed by atoms with E-state index in [-0.39, 0.29) is 12.0 Å². The molecule has 1 aliphatic rings. The second-order valence-electron chi connectivity index (χ2n) is 4.68. The van der Waals surface area contributed by atoms with Crippen LogP contribution < -0.4 is 10.6 Å². The number of rotatable bonds is 5. The number of hydrogen-bond acceptors (Lipinski definition) is 3. The summed E-state index contributed by atoms with van der Waals surface area (Å²) >= 11 is 11.0. The summed E-state index contributed by atoms with van der Waals surface area (Å²) in [5.41, 5.74) is 0.733. The van der Waals surface area contributed by atoms with Gasteiger partial charge in [-0.2, -0.15) is 0 Å². The Kier molecular flexibility index (Phi) is 5.85. The highest BCUT2D eigenvalue weighted by Crippen LogP contribution is 2.17. The molecule has 0 aromatic heterocycles. The van der Waals surface area contributed by atoms with E-state index in [1.807, 2.05) is 0 Å². The van der Waals surface area contributed by atoms with E-state index in [9.17, 15) is 9.59 Å². The van der Waals surface area contributed by atoms with Crippen LogP contribution in [-0.2, 0) is 9.53 Å². The van der Waals surface area contributed by atoms with Gasteiger partial charge in [-0.1, -0.05) is 35.3 Å². The third-order valence-corrected chi connectivity index (χ3v) is 3.54. The first-order valence-corrected chi connectivity index (χ1v) is 7.53. The molecule has 2 amide bonds. The van der Waals surface area contributed by atoms with Crippen LogP contribution in [0.25, 0.3) is 0 Å². The average Bonchev–Trinajstić information content (AvgIpc) is 2.98. The minimum absolute atomic E-state index is 0.0609. The maximum atomic E-state index is 12.2. The Morgan fingerprint density at radius 1 is 1.33 bits per heavy atom. The Bertz CT molecular complexity index is 517. The van der Waals surface area contributed by atoms with E-state index in [4.69, 9.17) is 27.9 Å². The number of carbonyl (C=O) groups is 2. The number of nitrogens with one attached hydrogen (secondary N) is 2. The van der Waals surface area contributed by atoms with Crippen LogP contribution in [-0.4, -0.2) is 35.9 Å². The number of amides is 2. The average molecular weight is 331 g/mol. The fourth-order valence-electron chi connectivity index (χ4n) is 2.08. The third kappa shape index (κ3) is 4.59. The van der Waals surface area contributed by atoms with Crippen molar-refractivity contribution in [1.82, 2.24) is 5.32 Å². The molecule has 5 nitrogen and oxygen atoms in total.